The summed E-state index contributed by atoms with van der Waals surface area (Å²) >= 11 is 0. The van der Waals surface area contributed by atoms with Gasteiger partial charge in [0.1, 0.15) is 11.9 Å². The van der Waals surface area contributed by atoms with Gasteiger partial charge >= 0.3 is 0 Å². The molecule has 2 heteroatoms. The summed E-state index contributed by atoms with van der Waals surface area (Å²) in [5.41, 5.74) is 0. The van der Waals surface area contributed by atoms with Gasteiger partial charge in [-0.1, -0.05) is 26.7 Å². The van der Waals surface area contributed by atoms with Gasteiger partial charge in [-0.2, -0.15) is 0 Å². The minimum absolute atomic E-state index is 0.356. The molecule has 0 aromatic rings. The fraction of sp³-hybridized carbons (Fsp3) is 0.800. The standard InChI is InChI=1S/C10H18O2/c1-3-8(4-2)10(11)9-6-5-7-12-9/h6,8,10-11H,3-5,7H2,1-2H3. The summed E-state index contributed by atoms with van der Waals surface area (Å²) in [5, 5.41) is 9.82. The van der Waals surface area contributed by atoms with Gasteiger partial charge in [0, 0.05) is 6.42 Å². The van der Waals surface area contributed by atoms with Gasteiger partial charge in [0.2, 0.25) is 0 Å². The second kappa shape index (κ2) is 4.51. The van der Waals surface area contributed by atoms with Crippen molar-refractivity contribution in [3.05, 3.63) is 11.8 Å². The zero-order valence-corrected chi connectivity index (χ0v) is 7.92. The van der Waals surface area contributed by atoms with Crippen LogP contribution < -0.4 is 0 Å². The van der Waals surface area contributed by atoms with Crippen LogP contribution in [0.25, 0.3) is 0 Å². The molecule has 0 bridgehead atoms. The van der Waals surface area contributed by atoms with Crippen molar-refractivity contribution >= 4 is 0 Å². The van der Waals surface area contributed by atoms with Crippen molar-refractivity contribution in [1.82, 2.24) is 0 Å². The predicted octanol–water partition coefficient (Wildman–Crippen LogP) is 2.09. The summed E-state index contributed by atoms with van der Waals surface area (Å²) in [5.74, 6) is 1.15. The first kappa shape index (κ1) is 9.59. The summed E-state index contributed by atoms with van der Waals surface area (Å²) in [7, 11) is 0. The van der Waals surface area contributed by atoms with Crippen molar-refractivity contribution in [2.45, 2.75) is 39.2 Å². The summed E-state index contributed by atoms with van der Waals surface area (Å²) in [6, 6.07) is 0. The average Bonchev–Trinajstić information content (AvgIpc) is 2.58. The third kappa shape index (κ3) is 2.01. The number of rotatable bonds is 4. The van der Waals surface area contributed by atoms with E-state index in [1.54, 1.807) is 0 Å². The molecule has 0 saturated heterocycles. The zero-order valence-electron chi connectivity index (χ0n) is 7.92. The quantitative estimate of drug-likeness (QED) is 0.700. The molecule has 1 N–H and O–H groups in total. The minimum Gasteiger partial charge on any atom is -0.495 e. The molecule has 0 aromatic carbocycles. The number of hydrogen-bond acceptors (Lipinski definition) is 2. The van der Waals surface area contributed by atoms with Gasteiger partial charge in [-0.05, 0) is 12.0 Å². The van der Waals surface area contributed by atoms with Crippen LogP contribution in [0, 0.1) is 5.92 Å². The number of hydrogen-bond donors (Lipinski definition) is 1. The Labute approximate surface area is 74.2 Å². The molecule has 1 aliphatic rings. The van der Waals surface area contributed by atoms with Crippen LogP contribution in [-0.2, 0) is 4.74 Å². The topological polar surface area (TPSA) is 29.5 Å². The lowest BCUT2D eigenvalue weighted by Crippen LogP contribution is -2.21. The molecule has 1 atom stereocenters. The molecule has 1 unspecified atom stereocenters. The molecule has 1 heterocycles. The van der Waals surface area contributed by atoms with E-state index in [0.29, 0.717) is 5.92 Å². The van der Waals surface area contributed by atoms with Crippen molar-refractivity contribution in [1.29, 1.82) is 0 Å². The Morgan fingerprint density at radius 2 is 2.17 bits per heavy atom. The first-order valence-electron chi connectivity index (χ1n) is 4.80. The summed E-state index contributed by atoms with van der Waals surface area (Å²) in [6.45, 7) is 4.95. The molecule has 0 radical (unpaired) electrons. The molecule has 0 aromatic heterocycles. The maximum Gasteiger partial charge on any atom is 0.121 e. The van der Waals surface area contributed by atoms with Crippen molar-refractivity contribution in [2.75, 3.05) is 6.61 Å². The fourth-order valence-corrected chi connectivity index (χ4v) is 1.61. The Kier molecular flexibility index (Phi) is 3.60. The first-order chi connectivity index (χ1) is 5.79. The van der Waals surface area contributed by atoms with E-state index in [-0.39, 0.29) is 6.10 Å². The highest BCUT2D eigenvalue weighted by Crippen LogP contribution is 2.23. The molecule has 0 spiro atoms. The third-order valence-electron chi connectivity index (χ3n) is 2.52. The highest BCUT2D eigenvalue weighted by atomic mass is 16.5. The fourth-order valence-electron chi connectivity index (χ4n) is 1.61. The Morgan fingerprint density at radius 3 is 2.58 bits per heavy atom. The number of aliphatic hydroxyl groups excluding tert-OH is 1. The smallest absolute Gasteiger partial charge is 0.121 e. The highest BCUT2D eigenvalue weighted by Gasteiger charge is 2.22. The second-order valence-corrected chi connectivity index (χ2v) is 3.27. The molecule has 1 aliphatic heterocycles. The van der Waals surface area contributed by atoms with Gasteiger partial charge in [-0.25, -0.2) is 0 Å². The van der Waals surface area contributed by atoms with E-state index < -0.39 is 0 Å². The van der Waals surface area contributed by atoms with E-state index in [9.17, 15) is 5.11 Å². The van der Waals surface area contributed by atoms with Gasteiger partial charge < -0.3 is 9.84 Å². The van der Waals surface area contributed by atoms with Gasteiger partial charge in [0.15, 0.2) is 0 Å². The van der Waals surface area contributed by atoms with Crippen LogP contribution in [0.3, 0.4) is 0 Å². The lowest BCUT2D eigenvalue weighted by Gasteiger charge is -2.20. The van der Waals surface area contributed by atoms with Crippen molar-refractivity contribution < 1.29 is 9.84 Å². The summed E-state index contributed by atoms with van der Waals surface area (Å²) in [4.78, 5) is 0. The molecule has 1 rings (SSSR count). The van der Waals surface area contributed by atoms with E-state index >= 15 is 0 Å². The maximum absolute atomic E-state index is 9.82. The maximum atomic E-state index is 9.82. The largest absolute Gasteiger partial charge is 0.495 e. The molecular formula is C10H18O2. The van der Waals surface area contributed by atoms with Crippen LogP contribution in [0.4, 0.5) is 0 Å². The predicted molar refractivity (Wildman–Crippen MR) is 48.7 cm³/mol. The zero-order chi connectivity index (χ0) is 8.97. The molecule has 12 heavy (non-hydrogen) atoms. The monoisotopic (exact) mass is 170 g/mol. The normalized spacial score (nSPS) is 19.2. The van der Waals surface area contributed by atoms with Crippen LogP contribution in [0.15, 0.2) is 11.8 Å². The molecular weight excluding hydrogens is 152 g/mol. The van der Waals surface area contributed by atoms with Crippen molar-refractivity contribution in [3.8, 4) is 0 Å². The SMILES string of the molecule is CCC(CC)C(O)C1=CCCO1. The van der Waals surface area contributed by atoms with E-state index in [4.69, 9.17) is 4.74 Å². The minimum atomic E-state index is -0.373. The van der Waals surface area contributed by atoms with Crippen LogP contribution in [0.5, 0.6) is 0 Å². The second-order valence-electron chi connectivity index (χ2n) is 3.27. The Hall–Kier alpha value is -0.500. The molecule has 70 valence electrons. The van der Waals surface area contributed by atoms with E-state index in [0.717, 1.165) is 31.6 Å². The van der Waals surface area contributed by atoms with Crippen LogP contribution in [0.2, 0.25) is 0 Å². The molecule has 0 amide bonds. The average molecular weight is 170 g/mol. The van der Waals surface area contributed by atoms with Gasteiger partial charge in [0.25, 0.3) is 0 Å². The third-order valence-corrected chi connectivity index (χ3v) is 2.52. The summed E-state index contributed by atoms with van der Waals surface area (Å²) in [6.07, 6.45) is 4.61. The molecule has 2 nitrogen and oxygen atoms in total. The molecule has 0 saturated carbocycles. The van der Waals surface area contributed by atoms with Gasteiger partial charge in [-0.15, -0.1) is 0 Å². The Morgan fingerprint density at radius 1 is 1.50 bits per heavy atom. The van der Waals surface area contributed by atoms with E-state index in [1.165, 1.54) is 0 Å². The van der Waals surface area contributed by atoms with Crippen molar-refractivity contribution in [2.24, 2.45) is 5.92 Å². The number of aliphatic hydroxyl groups is 1. The highest BCUT2D eigenvalue weighted by molar-refractivity contribution is 5.05. The van der Waals surface area contributed by atoms with Gasteiger partial charge in [-0.3, -0.25) is 0 Å². The Balaban J connectivity index is 2.49. The van der Waals surface area contributed by atoms with E-state index in [2.05, 4.69) is 13.8 Å². The lowest BCUT2D eigenvalue weighted by molar-refractivity contribution is 0.0709. The lowest BCUT2D eigenvalue weighted by atomic mass is 9.95. The van der Waals surface area contributed by atoms with Crippen LogP contribution in [-0.4, -0.2) is 17.8 Å². The molecule has 0 fully saturated rings. The van der Waals surface area contributed by atoms with E-state index in [1.807, 2.05) is 6.08 Å². The van der Waals surface area contributed by atoms with Crippen LogP contribution in [0.1, 0.15) is 33.1 Å². The summed E-state index contributed by atoms with van der Waals surface area (Å²) < 4.78 is 5.31. The Bertz CT molecular complexity index is 159. The van der Waals surface area contributed by atoms with Crippen molar-refractivity contribution in [3.63, 3.8) is 0 Å². The van der Waals surface area contributed by atoms with Gasteiger partial charge in [0.05, 0.1) is 6.61 Å². The molecule has 0 aliphatic carbocycles. The number of ether oxygens (including phenoxy) is 1. The van der Waals surface area contributed by atoms with Crippen LogP contribution >= 0.6 is 0 Å². The first-order valence-corrected chi connectivity index (χ1v) is 4.80.